The third kappa shape index (κ3) is 1.09. The molecular weight excluding hydrogens is 246 g/mol. The summed E-state index contributed by atoms with van der Waals surface area (Å²) in [5.74, 6) is 0.0426. The number of benzene rings is 1. The minimum atomic E-state index is -0.181. The van der Waals surface area contributed by atoms with Gasteiger partial charge in [0, 0.05) is 29.4 Å². The van der Waals surface area contributed by atoms with Crippen LogP contribution in [0.2, 0.25) is 0 Å². The number of hydrogen-bond acceptors (Lipinski definition) is 5. The van der Waals surface area contributed by atoms with Crippen molar-refractivity contribution in [2.24, 2.45) is 0 Å². The summed E-state index contributed by atoms with van der Waals surface area (Å²) in [5, 5.41) is 34.0. The number of nitrogen functional groups attached to an aromatic ring is 1. The number of nitrogens with one attached hydrogen (secondary N) is 1. The zero-order chi connectivity index (χ0) is 13.5. The quantitative estimate of drug-likeness (QED) is 0.221. The fourth-order valence-corrected chi connectivity index (χ4v) is 3.31. The van der Waals surface area contributed by atoms with E-state index in [0.29, 0.717) is 28.1 Å². The van der Waals surface area contributed by atoms with Crippen LogP contribution in [0.4, 0.5) is 5.69 Å². The van der Waals surface area contributed by atoms with Gasteiger partial charge < -0.3 is 30.9 Å². The van der Waals surface area contributed by atoms with Gasteiger partial charge in [-0.15, -0.1) is 0 Å². The summed E-state index contributed by atoms with van der Waals surface area (Å²) in [6.45, 7) is 2.24. The highest BCUT2D eigenvalue weighted by Crippen LogP contribution is 2.51. The second-order valence-electron chi connectivity index (χ2n) is 5.34. The Morgan fingerprint density at radius 2 is 2.11 bits per heavy atom. The minimum Gasteiger partial charge on any atom is -0.505 e. The first-order valence-corrected chi connectivity index (χ1v) is 6.28. The Morgan fingerprint density at radius 3 is 2.79 bits per heavy atom. The van der Waals surface area contributed by atoms with Crippen LogP contribution in [-0.2, 0) is 13.2 Å². The fraction of sp³-hybridized carbons (Fsp3) is 0.385. The van der Waals surface area contributed by atoms with Crippen molar-refractivity contribution in [2.75, 3.05) is 5.73 Å². The molecule has 1 aromatic carbocycles. The van der Waals surface area contributed by atoms with Crippen LogP contribution < -0.4 is 11.1 Å². The van der Waals surface area contributed by atoms with E-state index in [0.717, 1.165) is 12.2 Å². The SMILES string of the molecule is Cc1c(N)c(O)c2c(CO)c3n(c2c1O)C[C@@H]1N[C@H]31. The third-order valence-electron chi connectivity index (χ3n) is 4.40. The number of aromatic hydroxyl groups is 2. The van der Waals surface area contributed by atoms with Gasteiger partial charge >= 0.3 is 0 Å². The fourth-order valence-electron chi connectivity index (χ4n) is 3.31. The number of nitrogens with two attached hydrogens (primary N) is 1. The molecule has 4 rings (SSSR count). The summed E-state index contributed by atoms with van der Waals surface area (Å²) in [5.41, 5.74) is 8.66. The average molecular weight is 261 g/mol. The number of hydrogen-bond donors (Lipinski definition) is 5. The second-order valence-corrected chi connectivity index (χ2v) is 5.34. The number of aliphatic hydroxyl groups excluding tert-OH is 1. The molecule has 0 saturated carbocycles. The van der Waals surface area contributed by atoms with Crippen molar-refractivity contribution in [1.29, 1.82) is 0 Å². The van der Waals surface area contributed by atoms with Crippen LogP contribution in [0.25, 0.3) is 10.9 Å². The molecular formula is C13H15N3O3. The highest BCUT2D eigenvalue weighted by Gasteiger charge is 2.48. The number of nitrogens with zero attached hydrogens (tertiary/aromatic N) is 1. The largest absolute Gasteiger partial charge is 0.505 e. The molecule has 3 heterocycles. The molecule has 19 heavy (non-hydrogen) atoms. The maximum absolute atomic E-state index is 10.3. The Morgan fingerprint density at radius 1 is 1.37 bits per heavy atom. The lowest BCUT2D eigenvalue weighted by Crippen LogP contribution is -2.06. The summed E-state index contributed by atoms with van der Waals surface area (Å²) >= 11 is 0. The molecule has 6 nitrogen and oxygen atoms in total. The Kier molecular flexibility index (Phi) is 1.81. The van der Waals surface area contributed by atoms with E-state index in [1.807, 2.05) is 4.57 Å². The molecule has 0 bridgehead atoms. The van der Waals surface area contributed by atoms with Gasteiger partial charge in [-0.05, 0) is 6.92 Å². The normalized spacial score (nSPS) is 23.7. The smallest absolute Gasteiger partial charge is 0.148 e. The van der Waals surface area contributed by atoms with Crippen LogP contribution in [0.5, 0.6) is 11.5 Å². The molecule has 2 aliphatic rings. The maximum atomic E-state index is 10.3. The number of rotatable bonds is 1. The van der Waals surface area contributed by atoms with E-state index in [2.05, 4.69) is 5.32 Å². The highest BCUT2D eigenvalue weighted by atomic mass is 16.3. The minimum absolute atomic E-state index is 0.0477. The monoisotopic (exact) mass is 261 g/mol. The Labute approximate surface area is 109 Å². The Balaban J connectivity index is 2.22. The summed E-state index contributed by atoms with van der Waals surface area (Å²) in [6.07, 6.45) is 0. The van der Waals surface area contributed by atoms with Gasteiger partial charge in [0.1, 0.15) is 11.5 Å². The molecule has 0 spiro atoms. The van der Waals surface area contributed by atoms with Crippen LogP contribution >= 0.6 is 0 Å². The van der Waals surface area contributed by atoms with Gasteiger partial charge in [-0.3, -0.25) is 0 Å². The summed E-state index contributed by atoms with van der Waals surface area (Å²) in [4.78, 5) is 0. The van der Waals surface area contributed by atoms with Gasteiger partial charge in [0.15, 0.2) is 0 Å². The zero-order valence-electron chi connectivity index (χ0n) is 10.4. The molecule has 1 fully saturated rings. The standard InChI is InChI=1S/C13H15N3O3/c1-4-8(14)13(19)7-5(3-17)10-9-6(15-9)2-16(10)11(7)12(4)18/h6,9,15,17-19H,2-3,14H2,1H3/t6-,9-/m0/s1. The number of phenolic OH excluding ortho intramolecular Hbond substituents is 2. The van der Waals surface area contributed by atoms with Crippen LogP contribution in [0.3, 0.4) is 0 Å². The lowest BCUT2D eigenvalue weighted by Gasteiger charge is -2.11. The molecule has 0 amide bonds. The predicted molar refractivity (Wildman–Crippen MR) is 70.0 cm³/mol. The van der Waals surface area contributed by atoms with Crippen molar-refractivity contribution >= 4 is 16.6 Å². The number of phenols is 2. The van der Waals surface area contributed by atoms with E-state index in [9.17, 15) is 15.3 Å². The summed E-state index contributed by atoms with van der Waals surface area (Å²) in [7, 11) is 0. The lowest BCUT2D eigenvalue weighted by molar-refractivity contribution is 0.281. The molecule has 2 aromatic rings. The van der Waals surface area contributed by atoms with Gasteiger partial charge in [-0.2, -0.15) is 0 Å². The first-order valence-electron chi connectivity index (χ1n) is 6.28. The van der Waals surface area contributed by atoms with Crippen molar-refractivity contribution in [2.45, 2.75) is 32.2 Å². The molecule has 1 aromatic heterocycles. The average Bonchev–Trinajstić information content (AvgIpc) is 2.94. The van der Waals surface area contributed by atoms with Crippen molar-refractivity contribution in [3.8, 4) is 11.5 Å². The van der Waals surface area contributed by atoms with E-state index in [-0.39, 0.29) is 29.8 Å². The second kappa shape index (κ2) is 3.15. The first-order chi connectivity index (χ1) is 9.06. The molecule has 0 aliphatic carbocycles. The van der Waals surface area contributed by atoms with Gasteiger partial charge in [-0.1, -0.05) is 0 Å². The van der Waals surface area contributed by atoms with Crippen molar-refractivity contribution in [1.82, 2.24) is 9.88 Å². The van der Waals surface area contributed by atoms with E-state index < -0.39 is 0 Å². The van der Waals surface area contributed by atoms with E-state index in [1.165, 1.54) is 0 Å². The first kappa shape index (κ1) is 11.0. The molecule has 1 saturated heterocycles. The third-order valence-corrected chi connectivity index (χ3v) is 4.40. The number of aromatic nitrogens is 1. The highest BCUT2D eigenvalue weighted by molar-refractivity contribution is 6.01. The van der Waals surface area contributed by atoms with Crippen LogP contribution in [-0.4, -0.2) is 25.9 Å². The van der Waals surface area contributed by atoms with Crippen molar-refractivity contribution < 1.29 is 15.3 Å². The Hall–Kier alpha value is -1.92. The van der Waals surface area contributed by atoms with Crippen LogP contribution in [0.15, 0.2) is 0 Å². The molecule has 2 aliphatic heterocycles. The van der Waals surface area contributed by atoms with E-state index >= 15 is 0 Å². The summed E-state index contributed by atoms with van der Waals surface area (Å²) < 4.78 is 1.98. The summed E-state index contributed by atoms with van der Waals surface area (Å²) in [6, 6.07) is 0.596. The van der Waals surface area contributed by atoms with E-state index in [4.69, 9.17) is 5.73 Å². The van der Waals surface area contributed by atoms with Crippen molar-refractivity contribution in [3.05, 3.63) is 16.8 Å². The lowest BCUT2D eigenvalue weighted by atomic mass is 10.0. The van der Waals surface area contributed by atoms with Crippen LogP contribution in [0, 0.1) is 6.92 Å². The molecule has 6 heteroatoms. The zero-order valence-corrected chi connectivity index (χ0v) is 10.4. The topological polar surface area (TPSA) is 114 Å². The van der Waals surface area contributed by atoms with Crippen molar-refractivity contribution in [3.63, 3.8) is 0 Å². The molecule has 0 unspecified atom stereocenters. The van der Waals surface area contributed by atoms with Crippen LogP contribution in [0.1, 0.15) is 22.9 Å². The molecule has 0 radical (unpaired) electrons. The van der Waals surface area contributed by atoms with Gasteiger partial charge in [0.2, 0.25) is 0 Å². The van der Waals surface area contributed by atoms with Gasteiger partial charge in [0.05, 0.1) is 29.2 Å². The number of aliphatic hydroxyl groups is 1. The Bertz CT molecular complexity index is 708. The van der Waals surface area contributed by atoms with Gasteiger partial charge in [-0.25, -0.2) is 0 Å². The predicted octanol–water partition coefficient (Wildman–Crippen LogP) is 0.462. The van der Waals surface area contributed by atoms with Gasteiger partial charge in [0.25, 0.3) is 0 Å². The van der Waals surface area contributed by atoms with E-state index in [1.54, 1.807) is 6.92 Å². The molecule has 6 N–H and O–H groups in total. The molecule has 2 atom stereocenters. The molecule has 100 valence electrons. The maximum Gasteiger partial charge on any atom is 0.148 e. The number of fused-ring (bicyclic) bond motifs is 5. The number of anilines is 1.